The van der Waals surface area contributed by atoms with E-state index in [1.54, 1.807) is 14.2 Å². The Labute approximate surface area is 199 Å². The predicted molar refractivity (Wildman–Crippen MR) is 129 cm³/mol. The first-order valence-corrected chi connectivity index (χ1v) is 10.7. The smallest absolute Gasteiger partial charge is 0.232 e. The molecule has 34 heavy (non-hydrogen) atoms. The second kappa shape index (κ2) is 11.7. The highest BCUT2D eigenvalue weighted by Crippen LogP contribution is 2.30. The minimum Gasteiger partial charge on any atom is -0.497 e. The molecular formula is C25H30N4O5. The summed E-state index contributed by atoms with van der Waals surface area (Å²) in [4.78, 5) is 22.6. The fourth-order valence-electron chi connectivity index (χ4n) is 3.47. The molecule has 1 amide bonds. The Morgan fingerprint density at radius 3 is 1.56 bits per heavy atom. The van der Waals surface area contributed by atoms with Crippen LogP contribution in [0.25, 0.3) is 0 Å². The monoisotopic (exact) mass is 466 g/mol. The van der Waals surface area contributed by atoms with Crippen LogP contribution in [0, 0.1) is 0 Å². The van der Waals surface area contributed by atoms with E-state index in [9.17, 15) is 4.79 Å². The second-order valence-electron chi connectivity index (χ2n) is 7.54. The van der Waals surface area contributed by atoms with Gasteiger partial charge in [-0.25, -0.2) is 0 Å². The normalized spacial score (nSPS) is 10.5. The number of benzene rings is 2. The van der Waals surface area contributed by atoms with Gasteiger partial charge in [0.25, 0.3) is 0 Å². The highest BCUT2D eigenvalue weighted by atomic mass is 16.5. The number of aromatic nitrogens is 2. The molecule has 3 aromatic rings. The van der Waals surface area contributed by atoms with Gasteiger partial charge in [-0.05, 0) is 41.8 Å². The van der Waals surface area contributed by atoms with E-state index in [1.165, 1.54) is 14.2 Å². The number of methoxy groups -OCH3 is 4. The predicted octanol–water partition coefficient (Wildman–Crippen LogP) is 3.14. The summed E-state index contributed by atoms with van der Waals surface area (Å²) < 4.78 is 21.6. The van der Waals surface area contributed by atoms with E-state index in [0.717, 1.165) is 22.6 Å². The topological polar surface area (TPSA) is 109 Å². The zero-order chi connectivity index (χ0) is 24.5. The van der Waals surface area contributed by atoms with Crippen LogP contribution in [0.2, 0.25) is 0 Å². The lowest BCUT2D eigenvalue weighted by Gasteiger charge is -2.25. The van der Waals surface area contributed by atoms with Crippen molar-refractivity contribution in [2.45, 2.75) is 25.9 Å². The van der Waals surface area contributed by atoms with Crippen molar-refractivity contribution in [3.8, 4) is 23.3 Å². The Morgan fingerprint density at radius 1 is 0.765 bits per heavy atom. The highest BCUT2D eigenvalue weighted by molar-refractivity contribution is 5.74. The minimum absolute atomic E-state index is 0.136. The van der Waals surface area contributed by atoms with Gasteiger partial charge < -0.3 is 29.6 Å². The zero-order valence-electron chi connectivity index (χ0n) is 19.9. The van der Waals surface area contributed by atoms with Crippen LogP contribution in [0.1, 0.15) is 23.1 Å². The molecule has 180 valence electrons. The first-order chi connectivity index (χ1) is 16.5. The largest absolute Gasteiger partial charge is 0.497 e. The molecule has 0 fully saturated rings. The minimum atomic E-state index is -0.422. The summed E-state index contributed by atoms with van der Waals surface area (Å²) in [5.74, 6) is 2.26. The maximum absolute atomic E-state index is 11.3. The first-order valence-electron chi connectivity index (χ1n) is 10.7. The van der Waals surface area contributed by atoms with Gasteiger partial charge in [0.15, 0.2) is 0 Å². The maximum atomic E-state index is 11.3. The van der Waals surface area contributed by atoms with Gasteiger partial charge in [0, 0.05) is 19.5 Å². The number of amides is 1. The summed E-state index contributed by atoms with van der Waals surface area (Å²) in [6.45, 7) is 1.06. The van der Waals surface area contributed by atoms with Crippen molar-refractivity contribution in [3.05, 3.63) is 65.2 Å². The molecule has 0 radical (unpaired) electrons. The van der Waals surface area contributed by atoms with Gasteiger partial charge in [-0.2, -0.15) is 9.97 Å². The van der Waals surface area contributed by atoms with Crippen LogP contribution in [0.3, 0.4) is 0 Å². The number of hydrogen-bond acceptors (Lipinski definition) is 8. The van der Waals surface area contributed by atoms with Gasteiger partial charge in [0.05, 0.1) is 34.0 Å². The number of nitrogens with two attached hydrogens (primary N) is 1. The van der Waals surface area contributed by atoms with Gasteiger partial charge in [-0.1, -0.05) is 24.3 Å². The van der Waals surface area contributed by atoms with Crippen LogP contribution in [0.4, 0.5) is 5.95 Å². The second-order valence-corrected chi connectivity index (χ2v) is 7.54. The summed E-state index contributed by atoms with van der Waals surface area (Å²) in [6.07, 6.45) is 0.454. The van der Waals surface area contributed by atoms with Crippen LogP contribution < -0.4 is 29.6 Å². The summed E-state index contributed by atoms with van der Waals surface area (Å²) in [7, 11) is 6.32. The van der Waals surface area contributed by atoms with E-state index in [0.29, 0.717) is 42.8 Å². The number of primary amides is 1. The molecule has 9 heteroatoms. The van der Waals surface area contributed by atoms with Crippen LogP contribution in [-0.2, 0) is 24.3 Å². The average Bonchev–Trinajstić information content (AvgIpc) is 2.87. The van der Waals surface area contributed by atoms with E-state index < -0.39 is 5.91 Å². The molecule has 1 aromatic heterocycles. The van der Waals surface area contributed by atoms with E-state index >= 15 is 0 Å². The number of carbonyl (C=O) groups is 1. The van der Waals surface area contributed by atoms with Gasteiger partial charge in [0.2, 0.25) is 23.6 Å². The first kappa shape index (κ1) is 24.6. The lowest BCUT2D eigenvalue weighted by molar-refractivity contribution is -0.117. The number of carbonyl (C=O) groups excluding carboxylic acids is 1. The average molecular weight is 467 g/mol. The van der Waals surface area contributed by atoms with Gasteiger partial charge in [0.1, 0.15) is 11.5 Å². The third-order valence-corrected chi connectivity index (χ3v) is 5.28. The summed E-state index contributed by atoms with van der Waals surface area (Å²) >= 11 is 0. The molecule has 0 aliphatic rings. The number of ether oxygens (including phenoxy) is 4. The molecule has 0 spiro atoms. The van der Waals surface area contributed by atoms with E-state index in [-0.39, 0.29) is 6.42 Å². The fourth-order valence-corrected chi connectivity index (χ4v) is 3.47. The summed E-state index contributed by atoms with van der Waals surface area (Å²) in [5, 5.41) is 0. The van der Waals surface area contributed by atoms with Crippen LogP contribution in [0.15, 0.2) is 48.5 Å². The Balaban J connectivity index is 1.99. The van der Waals surface area contributed by atoms with Crippen LogP contribution in [-0.4, -0.2) is 44.3 Å². The quantitative estimate of drug-likeness (QED) is 0.434. The van der Waals surface area contributed by atoms with E-state index in [4.69, 9.17) is 24.7 Å². The Kier molecular flexibility index (Phi) is 8.50. The third kappa shape index (κ3) is 6.28. The molecule has 0 saturated heterocycles. The van der Waals surface area contributed by atoms with Crippen molar-refractivity contribution in [3.63, 3.8) is 0 Å². The highest BCUT2D eigenvalue weighted by Gasteiger charge is 2.21. The number of hydrogen-bond donors (Lipinski definition) is 1. The van der Waals surface area contributed by atoms with Crippen molar-refractivity contribution in [2.24, 2.45) is 5.73 Å². The molecule has 9 nitrogen and oxygen atoms in total. The van der Waals surface area contributed by atoms with Crippen molar-refractivity contribution < 1.29 is 23.7 Å². The summed E-state index contributed by atoms with van der Waals surface area (Å²) in [6, 6.07) is 15.6. The van der Waals surface area contributed by atoms with Crippen LogP contribution >= 0.6 is 0 Å². The maximum Gasteiger partial charge on any atom is 0.232 e. The standard InChI is InChI=1S/C25H30N4O5/c1-31-19-9-5-17(6-10-19)15-29(16-18-7-11-20(32-2)12-8-18)25-27-23(33-3)21(13-14-22(26)30)24(28-25)34-4/h5-12H,13-16H2,1-4H3,(H2,26,30). The molecule has 2 aromatic carbocycles. The van der Waals surface area contributed by atoms with E-state index in [1.807, 2.05) is 53.4 Å². The lowest BCUT2D eigenvalue weighted by atomic mass is 10.1. The molecule has 0 atom stereocenters. The molecule has 0 aliphatic carbocycles. The lowest BCUT2D eigenvalue weighted by Crippen LogP contribution is -2.25. The van der Waals surface area contributed by atoms with Crippen molar-refractivity contribution in [1.29, 1.82) is 0 Å². The van der Waals surface area contributed by atoms with Crippen LogP contribution in [0.5, 0.6) is 23.3 Å². The summed E-state index contributed by atoms with van der Waals surface area (Å²) in [5.41, 5.74) is 8.03. The van der Waals surface area contributed by atoms with Gasteiger partial charge >= 0.3 is 0 Å². The Hall–Kier alpha value is -4.01. The molecule has 3 rings (SSSR count). The molecular weight excluding hydrogens is 436 g/mol. The van der Waals surface area contributed by atoms with Gasteiger partial charge in [-0.3, -0.25) is 4.79 Å². The Bertz CT molecular complexity index is 1010. The fraction of sp³-hybridized carbons (Fsp3) is 0.320. The van der Waals surface area contributed by atoms with Crippen molar-refractivity contribution in [1.82, 2.24) is 9.97 Å². The molecule has 1 heterocycles. The molecule has 0 aliphatic heterocycles. The number of nitrogens with zero attached hydrogens (tertiary/aromatic N) is 3. The van der Waals surface area contributed by atoms with Crippen molar-refractivity contribution in [2.75, 3.05) is 33.3 Å². The molecule has 0 unspecified atom stereocenters. The molecule has 2 N–H and O–H groups in total. The van der Waals surface area contributed by atoms with E-state index in [2.05, 4.69) is 9.97 Å². The number of anilines is 1. The Morgan fingerprint density at radius 2 is 1.21 bits per heavy atom. The number of rotatable bonds is 12. The zero-order valence-corrected chi connectivity index (χ0v) is 19.9. The SMILES string of the molecule is COc1ccc(CN(Cc2ccc(OC)cc2)c2nc(OC)c(CCC(N)=O)c(OC)n2)cc1. The molecule has 0 bridgehead atoms. The molecule has 0 saturated carbocycles. The van der Waals surface area contributed by atoms with Crippen molar-refractivity contribution >= 4 is 11.9 Å². The third-order valence-electron chi connectivity index (χ3n) is 5.28. The van der Waals surface area contributed by atoms with Gasteiger partial charge in [-0.15, -0.1) is 0 Å².